The van der Waals surface area contributed by atoms with Gasteiger partial charge >= 0.3 is 5.97 Å². The third kappa shape index (κ3) is 5.94. The summed E-state index contributed by atoms with van der Waals surface area (Å²) in [4.78, 5) is 34.2. The van der Waals surface area contributed by atoms with Crippen molar-refractivity contribution in [3.63, 3.8) is 0 Å². The predicted molar refractivity (Wildman–Crippen MR) is 139 cm³/mol. The van der Waals surface area contributed by atoms with Crippen molar-refractivity contribution in [2.45, 2.75) is 24.8 Å². The van der Waals surface area contributed by atoms with Gasteiger partial charge in [-0.1, -0.05) is 48.8 Å². The fourth-order valence-corrected chi connectivity index (χ4v) is 5.13. The Labute approximate surface area is 210 Å². The summed E-state index contributed by atoms with van der Waals surface area (Å²) in [5.74, 6) is -0.344. The minimum Gasteiger partial charge on any atom is -0.462 e. The average Bonchev–Trinajstić information content (AvgIpc) is 3.29. The summed E-state index contributed by atoms with van der Waals surface area (Å²) in [5.41, 5.74) is 3.10. The molecular weight excluding hydrogens is 490 g/mol. The van der Waals surface area contributed by atoms with Crippen molar-refractivity contribution < 1.29 is 14.3 Å². The fourth-order valence-electron chi connectivity index (χ4n) is 3.21. The number of aromatic nitrogens is 2. The maximum atomic E-state index is 12.6. The Morgan fingerprint density at radius 1 is 1.09 bits per heavy atom. The lowest BCUT2D eigenvalue weighted by molar-refractivity contribution is -0.113. The molecule has 0 unspecified atom stereocenters. The lowest BCUT2D eigenvalue weighted by Crippen LogP contribution is -2.14. The zero-order chi connectivity index (χ0) is 23.9. The van der Waals surface area contributed by atoms with Crippen LogP contribution in [0.2, 0.25) is 5.02 Å². The molecule has 4 aromatic rings. The van der Waals surface area contributed by atoms with Gasteiger partial charge in [0.05, 0.1) is 23.3 Å². The number of hydrogen-bond acceptors (Lipinski definition) is 7. The molecule has 4 rings (SSSR count). The van der Waals surface area contributed by atoms with Crippen LogP contribution in [0, 0.1) is 0 Å². The number of benzene rings is 2. The first-order valence-electron chi connectivity index (χ1n) is 10.7. The van der Waals surface area contributed by atoms with Crippen LogP contribution in [-0.4, -0.2) is 34.2 Å². The Kier molecular flexibility index (Phi) is 8.16. The molecule has 0 saturated carbocycles. The molecule has 0 aliphatic rings. The van der Waals surface area contributed by atoms with Crippen molar-refractivity contribution >= 4 is 62.5 Å². The van der Waals surface area contributed by atoms with E-state index in [0.717, 1.165) is 39.2 Å². The first-order valence-corrected chi connectivity index (χ1v) is 13.0. The number of anilines is 1. The molecule has 0 atom stereocenters. The minimum absolute atomic E-state index is 0.168. The second kappa shape index (κ2) is 11.5. The Morgan fingerprint density at radius 3 is 2.59 bits per heavy atom. The maximum Gasteiger partial charge on any atom is 0.338 e. The van der Waals surface area contributed by atoms with Gasteiger partial charge in [-0.25, -0.2) is 14.8 Å². The largest absolute Gasteiger partial charge is 0.462 e. The number of halogens is 1. The number of rotatable bonds is 9. The molecule has 1 N–H and O–H groups in total. The molecule has 174 valence electrons. The standard InChI is InChI=1S/C25H22ClN3O3S2/c1-2-3-12-32-25(31)17-6-10-19(11-7-17)29-21(30)14-34-24-22-20(13-33-23(22)27-15-28-24)16-4-8-18(26)9-5-16/h4-11,13,15H,2-3,12,14H2,1H3,(H,29,30). The molecule has 34 heavy (non-hydrogen) atoms. The van der Waals surface area contributed by atoms with Crippen molar-refractivity contribution in [3.8, 4) is 11.1 Å². The number of thioether (sulfide) groups is 1. The molecule has 0 aliphatic carbocycles. The number of unbranched alkanes of at least 4 members (excludes halogenated alkanes) is 1. The molecule has 9 heteroatoms. The number of nitrogens with zero attached hydrogens (tertiary/aromatic N) is 2. The van der Waals surface area contributed by atoms with Gasteiger partial charge in [0.2, 0.25) is 5.91 Å². The molecule has 0 radical (unpaired) electrons. The Balaban J connectivity index is 1.40. The smallest absolute Gasteiger partial charge is 0.338 e. The molecule has 0 bridgehead atoms. The van der Waals surface area contributed by atoms with Crippen molar-refractivity contribution in [1.29, 1.82) is 0 Å². The van der Waals surface area contributed by atoms with Crippen molar-refractivity contribution in [2.24, 2.45) is 0 Å². The van der Waals surface area contributed by atoms with Gasteiger partial charge in [0.1, 0.15) is 16.2 Å². The molecule has 0 spiro atoms. The summed E-state index contributed by atoms with van der Waals surface area (Å²) in [5, 5.41) is 7.25. The van der Waals surface area contributed by atoms with Gasteiger partial charge in [-0.15, -0.1) is 11.3 Å². The van der Waals surface area contributed by atoms with Gasteiger partial charge in [0.25, 0.3) is 0 Å². The molecule has 2 aromatic heterocycles. The van der Waals surface area contributed by atoms with E-state index in [2.05, 4.69) is 15.3 Å². The second-order valence-corrected chi connectivity index (χ2v) is 9.68. The number of carbonyl (C=O) groups excluding carboxylic acids is 2. The summed E-state index contributed by atoms with van der Waals surface area (Å²) in [6.45, 7) is 2.45. The van der Waals surface area contributed by atoms with E-state index in [1.807, 2.05) is 36.6 Å². The SMILES string of the molecule is CCCCOC(=O)c1ccc(NC(=O)CSc2ncnc3scc(-c4ccc(Cl)cc4)c23)cc1. The number of carbonyl (C=O) groups is 2. The van der Waals surface area contributed by atoms with Crippen LogP contribution < -0.4 is 5.32 Å². The highest BCUT2D eigenvalue weighted by Gasteiger charge is 2.15. The molecule has 6 nitrogen and oxygen atoms in total. The van der Waals surface area contributed by atoms with Crippen LogP contribution in [0.15, 0.2) is 65.3 Å². The van der Waals surface area contributed by atoms with E-state index in [-0.39, 0.29) is 17.6 Å². The summed E-state index contributed by atoms with van der Waals surface area (Å²) in [7, 11) is 0. The van der Waals surface area contributed by atoms with E-state index in [0.29, 0.717) is 22.9 Å². The highest BCUT2D eigenvalue weighted by Crippen LogP contribution is 2.38. The summed E-state index contributed by atoms with van der Waals surface area (Å²) in [6, 6.07) is 14.3. The molecule has 2 heterocycles. The van der Waals surface area contributed by atoms with Gasteiger partial charge in [0.15, 0.2) is 0 Å². The molecule has 2 aromatic carbocycles. The molecule has 1 amide bonds. The highest BCUT2D eigenvalue weighted by atomic mass is 35.5. The lowest BCUT2D eigenvalue weighted by atomic mass is 10.1. The van der Waals surface area contributed by atoms with Crippen LogP contribution in [0.1, 0.15) is 30.1 Å². The monoisotopic (exact) mass is 511 g/mol. The van der Waals surface area contributed by atoms with E-state index >= 15 is 0 Å². The van der Waals surface area contributed by atoms with Crippen LogP contribution >= 0.6 is 34.7 Å². The Bertz CT molecular complexity index is 1290. The van der Waals surface area contributed by atoms with Gasteiger partial charge < -0.3 is 10.1 Å². The molecule has 0 aliphatic heterocycles. The van der Waals surface area contributed by atoms with Crippen LogP contribution in [0.5, 0.6) is 0 Å². The summed E-state index contributed by atoms with van der Waals surface area (Å²) in [6.07, 6.45) is 3.32. The first kappa shape index (κ1) is 24.2. The van der Waals surface area contributed by atoms with Crippen molar-refractivity contribution in [1.82, 2.24) is 9.97 Å². The van der Waals surface area contributed by atoms with Crippen LogP contribution in [0.4, 0.5) is 5.69 Å². The molecule has 0 fully saturated rings. The van der Waals surface area contributed by atoms with E-state index in [1.165, 1.54) is 29.4 Å². The topological polar surface area (TPSA) is 81.2 Å². The van der Waals surface area contributed by atoms with E-state index in [9.17, 15) is 9.59 Å². The predicted octanol–water partition coefficient (Wildman–Crippen LogP) is 6.70. The van der Waals surface area contributed by atoms with Crippen LogP contribution in [0.25, 0.3) is 21.3 Å². The van der Waals surface area contributed by atoms with Crippen molar-refractivity contribution in [2.75, 3.05) is 17.7 Å². The first-order chi connectivity index (χ1) is 16.5. The summed E-state index contributed by atoms with van der Waals surface area (Å²) >= 11 is 8.92. The number of esters is 1. The Morgan fingerprint density at radius 2 is 1.85 bits per heavy atom. The third-order valence-corrected chi connectivity index (χ3v) is 7.09. The normalized spacial score (nSPS) is 10.9. The number of nitrogens with one attached hydrogen (secondary N) is 1. The third-order valence-electron chi connectivity index (χ3n) is 4.97. The number of ether oxygens (including phenoxy) is 1. The fraction of sp³-hybridized carbons (Fsp3) is 0.200. The Hall–Kier alpha value is -2.94. The zero-order valence-electron chi connectivity index (χ0n) is 18.4. The number of hydrogen-bond donors (Lipinski definition) is 1. The van der Waals surface area contributed by atoms with E-state index in [4.69, 9.17) is 16.3 Å². The zero-order valence-corrected chi connectivity index (χ0v) is 20.8. The molecular formula is C25H22ClN3O3S2. The lowest BCUT2D eigenvalue weighted by Gasteiger charge is -2.08. The quantitative estimate of drug-likeness (QED) is 0.116. The highest BCUT2D eigenvalue weighted by molar-refractivity contribution is 8.00. The van der Waals surface area contributed by atoms with Gasteiger partial charge in [0, 0.05) is 21.7 Å². The van der Waals surface area contributed by atoms with Gasteiger partial charge in [-0.05, 0) is 48.4 Å². The maximum absolute atomic E-state index is 12.6. The summed E-state index contributed by atoms with van der Waals surface area (Å²) < 4.78 is 5.21. The van der Waals surface area contributed by atoms with Gasteiger partial charge in [-0.2, -0.15) is 0 Å². The minimum atomic E-state index is -0.359. The average molecular weight is 512 g/mol. The van der Waals surface area contributed by atoms with Crippen LogP contribution in [0.3, 0.4) is 0 Å². The number of amides is 1. The van der Waals surface area contributed by atoms with E-state index in [1.54, 1.807) is 24.3 Å². The van der Waals surface area contributed by atoms with Gasteiger partial charge in [-0.3, -0.25) is 4.79 Å². The molecule has 0 saturated heterocycles. The van der Waals surface area contributed by atoms with Crippen LogP contribution in [-0.2, 0) is 9.53 Å². The number of fused-ring (bicyclic) bond motifs is 1. The second-order valence-electron chi connectivity index (χ2n) is 7.42. The number of thiophene rings is 1. The van der Waals surface area contributed by atoms with Crippen molar-refractivity contribution in [3.05, 3.63) is 70.8 Å². The van der Waals surface area contributed by atoms with E-state index < -0.39 is 0 Å².